The molecule has 1 amide bonds. The van der Waals surface area contributed by atoms with E-state index in [1.807, 2.05) is 13.8 Å². The number of carbonyl (C=O) groups is 1. The van der Waals surface area contributed by atoms with E-state index in [-0.39, 0.29) is 11.7 Å². The van der Waals surface area contributed by atoms with Crippen LogP contribution in [0.5, 0.6) is 11.5 Å². The summed E-state index contributed by atoms with van der Waals surface area (Å²) in [7, 11) is -3.33. The van der Waals surface area contributed by atoms with Gasteiger partial charge >= 0.3 is 0 Å². The van der Waals surface area contributed by atoms with Gasteiger partial charge in [-0.1, -0.05) is 0 Å². The zero-order valence-electron chi connectivity index (χ0n) is 15.6. The molecule has 0 aliphatic rings. The molecule has 0 saturated heterocycles. The maximum Gasteiger partial charge on any atom is 0.255 e. The number of hydrogen-bond acceptors (Lipinski definition) is 5. The highest BCUT2D eigenvalue weighted by Crippen LogP contribution is 2.29. The van der Waals surface area contributed by atoms with Crippen LogP contribution in [0.1, 0.15) is 31.1 Å². The molecule has 0 bridgehead atoms. The molecular weight excluding hydrogens is 368 g/mol. The first kappa shape index (κ1) is 20.6. The van der Waals surface area contributed by atoms with E-state index in [1.165, 1.54) is 0 Å². The van der Waals surface area contributed by atoms with Crippen molar-refractivity contribution in [2.24, 2.45) is 0 Å². The van der Waals surface area contributed by atoms with Crippen molar-refractivity contribution in [3.8, 4) is 11.5 Å². The lowest BCUT2D eigenvalue weighted by Crippen LogP contribution is -2.15. The fourth-order valence-corrected chi connectivity index (χ4v) is 2.91. The van der Waals surface area contributed by atoms with Crippen molar-refractivity contribution in [3.63, 3.8) is 0 Å². The van der Waals surface area contributed by atoms with Crippen molar-refractivity contribution in [1.29, 1.82) is 0 Å². The van der Waals surface area contributed by atoms with Crippen LogP contribution in [0.4, 0.5) is 11.4 Å². The number of hydrogen-bond donors (Lipinski definition) is 2. The second-order valence-corrected chi connectivity index (χ2v) is 7.58. The minimum Gasteiger partial charge on any atom is -0.490 e. The Bertz CT molecular complexity index is 879. The summed E-state index contributed by atoms with van der Waals surface area (Å²) in [5.41, 5.74) is 1.42. The van der Waals surface area contributed by atoms with Crippen LogP contribution in [0.3, 0.4) is 0 Å². The van der Waals surface area contributed by atoms with Gasteiger partial charge in [0.1, 0.15) is 0 Å². The van der Waals surface area contributed by atoms with Gasteiger partial charge in [-0.05, 0) is 63.2 Å². The molecule has 2 aromatic rings. The lowest BCUT2D eigenvalue weighted by molar-refractivity contribution is 0.102. The number of rotatable bonds is 9. The average Bonchev–Trinajstić information content (AvgIpc) is 2.65. The zero-order valence-corrected chi connectivity index (χ0v) is 16.4. The number of carbonyl (C=O) groups excluding carboxylic acids is 1. The Labute approximate surface area is 159 Å². The molecule has 0 aliphatic heterocycles. The van der Waals surface area contributed by atoms with Crippen molar-refractivity contribution in [2.45, 2.75) is 20.8 Å². The summed E-state index contributed by atoms with van der Waals surface area (Å²) in [5.74, 6) is 0.784. The average molecular weight is 392 g/mol. The molecule has 2 aromatic carbocycles. The Morgan fingerprint density at radius 1 is 0.889 bits per heavy atom. The van der Waals surface area contributed by atoms with Crippen molar-refractivity contribution >= 4 is 27.3 Å². The molecule has 0 aliphatic carbocycles. The highest BCUT2D eigenvalue weighted by molar-refractivity contribution is 7.92. The van der Waals surface area contributed by atoms with Crippen LogP contribution in [0.15, 0.2) is 42.5 Å². The van der Waals surface area contributed by atoms with Gasteiger partial charge in [-0.3, -0.25) is 9.52 Å². The molecule has 2 N–H and O–H groups in total. The van der Waals surface area contributed by atoms with E-state index in [0.29, 0.717) is 41.7 Å². The van der Waals surface area contributed by atoms with Crippen LogP contribution in [0.2, 0.25) is 0 Å². The first-order chi connectivity index (χ1) is 12.9. The standard InChI is InChI=1S/C19H24N2O5S/c1-4-25-17-12-7-14(13-18(17)26-5-2)19(22)20-15-8-10-16(11-9-15)21-27(23,24)6-3/h7-13,21H,4-6H2,1-3H3,(H,20,22). The van der Waals surface area contributed by atoms with Crippen LogP contribution < -0.4 is 19.5 Å². The number of amides is 1. The molecule has 0 radical (unpaired) electrons. The molecule has 27 heavy (non-hydrogen) atoms. The third-order valence-corrected chi connectivity index (χ3v) is 4.91. The highest BCUT2D eigenvalue weighted by Gasteiger charge is 2.12. The van der Waals surface area contributed by atoms with Gasteiger partial charge in [0.25, 0.3) is 5.91 Å². The molecule has 0 spiro atoms. The summed E-state index contributed by atoms with van der Waals surface area (Å²) in [4.78, 5) is 12.5. The molecule has 146 valence electrons. The van der Waals surface area contributed by atoms with Gasteiger partial charge in [0, 0.05) is 16.9 Å². The van der Waals surface area contributed by atoms with Gasteiger partial charge in [0.2, 0.25) is 10.0 Å². The lowest BCUT2D eigenvalue weighted by atomic mass is 10.1. The number of ether oxygens (including phenoxy) is 2. The Kier molecular flexibility index (Phi) is 7.06. The summed E-state index contributed by atoms with van der Waals surface area (Å²) >= 11 is 0. The number of benzene rings is 2. The van der Waals surface area contributed by atoms with Crippen molar-refractivity contribution in [2.75, 3.05) is 29.0 Å². The van der Waals surface area contributed by atoms with E-state index in [4.69, 9.17) is 9.47 Å². The van der Waals surface area contributed by atoms with Crippen molar-refractivity contribution in [1.82, 2.24) is 0 Å². The second-order valence-electron chi connectivity index (χ2n) is 5.56. The minimum absolute atomic E-state index is 0.00854. The third-order valence-electron chi connectivity index (χ3n) is 3.60. The van der Waals surface area contributed by atoms with E-state index >= 15 is 0 Å². The maximum absolute atomic E-state index is 12.5. The summed E-state index contributed by atoms with van der Waals surface area (Å²) in [6.07, 6.45) is 0. The van der Waals surface area contributed by atoms with Gasteiger partial charge < -0.3 is 14.8 Å². The zero-order chi connectivity index (χ0) is 19.9. The molecule has 8 heteroatoms. The minimum atomic E-state index is -3.33. The first-order valence-corrected chi connectivity index (χ1v) is 10.3. The van der Waals surface area contributed by atoms with Gasteiger partial charge in [-0.2, -0.15) is 0 Å². The van der Waals surface area contributed by atoms with E-state index in [0.717, 1.165) is 0 Å². The predicted molar refractivity (Wildman–Crippen MR) is 106 cm³/mol. The molecule has 0 saturated carbocycles. The molecule has 0 fully saturated rings. The summed E-state index contributed by atoms with van der Waals surface area (Å²) in [6, 6.07) is 11.4. The first-order valence-electron chi connectivity index (χ1n) is 8.70. The quantitative estimate of drug-likeness (QED) is 0.681. The third kappa shape index (κ3) is 5.89. The maximum atomic E-state index is 12.5. The Hall–Kier alpha value is -2.74. The second kappa shape index (κ2) is 9.27. The van der Waals surface area contributed by atoms with E-state index in [9.17, 15) is 13.2 Å². The summed E-state index contributed by atoms with van der Waals surface area (Å²) in [5, 5.41) is 2.77. The molecular formula is C19H24N2O5S. The molecule has 7 nitrogen and oxygen atoms in total. The van der Waals surface area contributed by atoms with Crippen LogP contribution in [-0.4, -0.2) is 33.3 Å². The fraction of sp³-hybridized carbons (Fsp3) is 0.316. The Morgan fingerprint density at radius 3 is 2.07 bits per heavy atom. The summed E-state index contributed by atoms with van der Waals surface area (Å²) < 4.78 is 36.6. The van der Waals surface area contributed by atoms with Crippen LogP contribution >= 0.6 is 0 Å². The van der Waals surface area contributed by atoms with Crippen LogP contribution in [0.25, 0.3) is 0 Å². The Balaban J connectivity index is 2.11. The topological polar surface area (TPSA) is 93.7 Å². The van der Waals surface area contributed by atoms with E-state index in [2.05, 4.69) is 10.0 Å². The van der Waals surface area contributed by atoms with Crippen LogP contribution in [0, 0.1) is 0 Å². The van der Waals surface area contributed by atoms with E-state index < -0.39 is 10.0 Å². The highest BCUT2D eigenvalue weighted by atomic mass is 32.2. The van der Waals surface area contributed by atoms with Gasteiger partial charge in [0.05, 0.1) is 19.0 Å². The Morgan fingerprint density at radius 2 is 1.48 bits per heavy atom. The van der Waals surface area contributed by atoms with Crippen molar-refractivity contribution < 1.29 is 22.7 Å². The summed E-state index contributed by atoms with van der Waals surface area (Å²) in [6.45, 7) is 6.25. The van der Waals surface area contributed by atoms with Gasteiger partial charge in [-0.25, -0.2) is 8.42 Å². The normalized spacial score (nSPS) is 10.9. The molecule has 0 aromatic heterocycles. The SMILES string of the molecule is CCOc1ccc(C(=O)Nc2ccc(NS(=O)(=O)CC)cc2)cc1OCC. The monoisotopic (exact) mass is 392 g/mol. The largest absolute Gasteiger partial charge is 0.490 e. The van der Waals surface area contributed by atoms with Crippen molar-refractivity contribution in [3.05, 3.63) is 48.0 Å². The molecule has 0 atom stereocenters. The van der Waals surface area contributed by atoms with Gasteiger partial charge in [-0.15, -0.1) is 0 Å². The number of sulfonamides is 1. The van der Waals surface area contributed by atoms with Crippen LogP contribution in [-0.2, 0) is 10.0 Å². The van der Waals surface area contributed by atoms with E-state index in [1.54, 1.807) is 49.4 Å². The number of nitrogens with one attached hydrogen (secondary N) is 2. The fourth-order valence-electron chi connectivity index (χ4n) is 2.27. The van der Waals surface area contributed by atoms with Gasteiger partial charge in [0.15, 0.2) is 11.5 Å². The predicted octanol–water partition coefficient (Wildman–Crippen LogP) is 3.50. The molecule has 0 unspecified atom stereocenters. The lowest BCUT2D eigenvalue weighted by Gasteiger charge is -2.13. The molecule has 0 heterocycles. The smallest absolute Gasteiger partial charge is 0.255 e. The molecule has 2 rings (SSSR count). The number of anilines is 2.